The molecule has 3 nitrogen and oxygen atoms in total. The van der Waals surface area contributed by atoms with E-state index in [-0.39, 0.29) is 0 Å². The van der Waals surface area contributed by atoms with Crippen LogP contribution in [0.5, 0.6) is 0 Å². The second-order valence-electron chi connectivity index (χ2n) is 2.67. The standard InChI is InChI=1S/C9H12BrN3/c1-3-13(6-11)9-5-4-8(10)7(2)12-9/h4-6,11H,3H2,1-2H3/p+1. The number of nitrogens with zero attached hydrogens (tertiary/aromatic N) is 2. The van der Waals surface area contributed by atoms with Gasteiger partial charge in [0.05, 0.1) is 11.0 Å². The molecule has 0 aliphatic heterocycles. The molecule has 0 unspecified atom stereocenters. The molecular formula is C9H13BrN3+. The quantitative estimate of drug-likeness (QED) is 0.489. The molecule has 1 aromatic heterocycles. The molecule has 0 radical (unpaired) electrons. The van der Waals surface area contributed by atoms with Crippen molar-refractivity contribution < 1.29 is 4.58 Å². The first-order valence-electron chi connectivity index (χ1n) is 4.14. The summed E-state index contributed by atoms with van der Waals surface area (Å²) in [6.45, 7) is 4.81. The van der Waals surface area contributed by atoms with Crippen molar-refractivity contribution in [2.24, 2.45) is 5.73 Å². The van der Waals surface area contributed by atoms with E-state index in [9.17, 15) is 0 Å². The first kappa shape index (κ1) is 10.2. The molecule has 0 aliphatic carbocycles. The topological polar surface area (TPSA) is 41.9 Å². The molecule has 0 saturated carbocycles. The molecule has 0 aliphatic rings. The Morgan fingerprint density at radius 1 is 1.62 bits per heavy atom. The highest BCUT2D eigenvalue weighted by atomic mass is 79.9. The third kappa shape index (κ3) is 2.28. The number of aryl methyl sites for hydroxylation is 1. The Balaban J connectivity index is 3.10. The van der Waals surface area contributed by atoms with Gasteiger partial charge in [-0.05, 0) is 35.8 Å². The molecule has 0 saturated heterocycles. The summed E-state index contributed by atoms with van der Waals surface area (Å²) < 4.78 is 2.91. The Bertz CT molecular complexity index is 334. The van der Waals surface area contributed by atoms with Gasteiger partial charge in [0.15, 0.2) is 6.34 Å². The Morgan fingerprint density at radius 2 is 2.31 bits per heavy atom. The maximum Gasteiger partial charge on any atom is 0.262 e. The normalized spacial score (nSPS) is 11.8. The van der Waals surface area contributed by atoms with Gasteiger partial charge in [-0.1, -0.05) is 0 Å². The average molecular weight is 243 g/mol. The second-order valence-corrected chi connectivity index (χ2v) is 3.53. The Hall–Kier alpha value is -0.900. The fourth-order valence-electron chi connectivity index (χ4n) is 1.03. The SMILES string of the molecule is CC[N+](=CN)c1ccc(Br)c(C)n1. The van der Waals surface area contributed by atoms with E-state index in [0.29, 0.717) is 0 Å². The van der Waals surface area contributed by atoms with Crippen molar-refractivity contribution in [1.29, 1.82) is 0 Å². The number of hydrogen-bond acceptors (Lipinski definition) is 1. The monoisotopic (exact) mass is 242 g/mol. The lowest BCUT2D eigenvalue weighted by molar-refractivity contribution is -0.436. The Kier molecular flexibility index (Phi) is 3.42. The van der Waals surface area contributed by atoms with Crippen molar-refractivity contribution in [3.63, 3.8) is 0 Å². The molecule has 1 heterocycles. The van der Waals surface area contributed by atoms with Gasteiger partial charge in [-0.25, -0.2) is 4.58 Å². The van der Waals surface area contributed by atoms with Crippen LogP contribution in [0.15, 0.2) is 16.6 Å². The van der Waals surface area contributed by atoms with Gasteiger partial charge >= 0.3 is 0 Å². The number of rotatable bonds is 2. The molecule has 13 heavy (non-hydrogen) atoms. The smallest absolute Gasteiger partial charge is 0.262 e. The van der Waals surface area contributed by atoms with Gasteiger partial charge in [0.1, 0.15) is 5.69 Å². The van der Waals surface area contributed by atoms with Gasteiger partial charge in [-0.3, -0.25) is 0 Å². The molecule has 1 aromatic rings. The van der Waals surface area contributed by atoms with Crippen molar-refractivity contribution in [3.8, 4) is 0 Å². The molecule has 0 spiro atoms. The first-order valence-corrected chi connectivity index (χ1v) is 4.93. The summed E-state index contributed by atoms with van der Waals surface area (Å²) in [5.74, 6) is 0.880. The van der Waals surface area contributed by atoms with Crippen molar-refractivity contribution in [2.45, 2.75) is 13.8 Å². The molecule has 0 aromatic carbocycles. The van der Waals surface area contributed by atoms with E-state index in [0.717, 1.165) is 22.5 Å². The van der Waals surface area contributed by atoms with Crippen molar-refractivity contribution >= 4 is 28.1 Å². The van der Waals surface area contributed by atoms with Gasteiger partial charge in [-0.2, -0.15) is 0 Å². The molecular weight excluding hydrogens is 230 g/mol. The summed E-state index contributed by atoms with van der Waals surface area (Å²) >= 11 is 3.40. The zero-order valence-electron chi connectivity index (χ0n) is 7.79. The predicted molar refractivity (Wildman–Crippen MR) is 57.4 cm³/mol. The van der Waals surface area contributed by atoms with E-state index in [4.69, 9.17) is 5.73 Å². The van der Waals surface area contributed by atoms with Gasteiger partial charge in [0.2, 0.25) is 0 Å². The van der Waals surface area contributed by atoms with Crippen LogP contribution in [0.1, 0.15) is 12.6 Å². The number of nitrogens with two attached hydrogens (primary N) is 1. The fraction of sp³-hybridized carbons (Fsp3) is 0.333. The zero-order valence-corrected chi connectivity index (χ0v) is 9.37. The van der Waals surface area contributed by atoms with Gasteiger partial charge in [0, 0.05) is 6.07 Å². The maximum atomic E-state index is 5.45. The zero-order chi connectivity index (χ0) is 9.84. The minimum atomic E-state index is 0.824. The van der Waals surface area contributed by atoms with E-state index in [1.165, 1.54) is 6.34 Å². The molecule has 0 amide bonds. The molecule has 0 fully saturated rings. The van der Waals surface area contributed by atoms with Crippen LogP contribution < -0.4 is 5.73 Å². The van der Waals surface area contributed by atoms with E-state index in [1.54, 1.807) is 0 Å². The van der Waals surface area contributed by atoms with Crippen LogP contribution in [-0.2, 0) is 0 Å². The second kappa shape index (κ2) is 4.37. The summed E-state index contributed by atoms with van der Waals surface area (Å²) in [5.41, 5.74) is 6.42. The van der Waals surface area contributed by atoms with Gasteiger partial charge in [-0.15, -0.1) is 4.98 Å². The summed E-state index contributed by atoms with van der Waals surface area (Å²) in [6.07, 6.45) is 1.54. The van der Waals surface area contributed by atoms with Crippen LogP contribution in [0.25, 0.3) is 0 Å². The largest absolute Gasteiger partial charge is 0.325 e. The molecule has 0 bridgehead atoms. The summed E-state index contributed by atoms with van der Waals surface area (Å²) in [4.78, 5) is 4.38. The number of pyridine rings is 1. The van der Waals surface area contributed by atoms with Gasteiger partial charge in [0.25, 0.3) is 5.82 Å². The van der Waals surface area contributed by atoms with Crippen LogP contribution in [0.2, 0.25) is 0 Å². The summed E-state index contributed by atoms with van der Waals surface area (Å²) in [6, 6.07) is 3.91. The number of hydrogen-bond donors (Lipinski definition) is 1. The van der Waals surface area contributed by atoms with E-state index in [2.05, 4.69) is 20.9 Å². The first-order chi connectivity index (χ1) is 6.19. The third-order valence-corrected chi connectivity index (χ3v) is 2.66. The minimum absolute atomic E-state index is 0.824. The van der Waals surface area contributed by atoms with Gasteiger partial charge < -0.3 is 5.73 Å². The average Bonchev–Trinajstić information content (AvgIpc) is 2.13. The van der Waals surface area contributed by atoms with E-state index < -0.39 is 0 Å². The van der Waals surface area contributed by atoms with E-state index >= 15 is 0 Å². The molecule has 1 rings (SSSR count). The summed E-state index contributed by atoms with van der Waals surface area (Å²) in [7, 11) is 0. The molecule has 70 valence electrons. The van der Waals surface area contributed by atoms with Crippen molar-refractivity contribution in [3.05, 3.63) is 22.3 Å². The maximum absolute atomic E-state index is 5.45. The van der Waals surface area contributed by atoms with Crippen molar-refractivity contribution in [1.82, 2.24) is 4.98 Å². The summed E-state index contributed by atoms with van der Waals surface area (Å²) in [5, 5.41) is 0. The fourth-order valence-corrected chi connectivity index (χ4v) is 1.26. The third-order valence-electron chi connectivity index (χ3n) is 1.82. The van der Waals surface area contributed by atoms with Crippen LogP contribution in [0, 0.1) is 6.92 Å². The lowest BCUT2D eigenvalue weighted by Gasteiger charge is -2.01. The van der Waals surface area contributed by atoms with Crippen LogP contribution >= 0.6 is 15.9 Å². The van der Waals surface area contributed by atoms with E-state index in [1.807, 2.05) is 30.6 Å². The Labute approximate surface area is 86.4 Å². The van der Waals surface area contributed by atoms with Crippen molar-refractivity contribution in [2.75, 3.05) is 6.54 Å². The highest BCUT2D eigenvalue weighted by molar-refractivity contribution is 9.10. The van der Waals surface area contributed by atoms with Crippen LogP contribution in [0.3, 0.4) is 0 Å². The predicted octanol–water partition coefficient (Wildman–Crippen LogP) is 1.80. The number of halogens is 1. The minimum Gasteiger partial charge on any atom is -0.325 e. The highest BCUT2D eigenvalue weighted by Crippen LogP contribution is 2.17. The Morgan fingerprint density at radius 3 is 2.77 bits per heavy atom. The lowest BCUT2D eigenvalue weighted by atomic mass is 10.3. The molecule has 0 atom stereocenters. The van der Waals surface area contributed by atoms with Crippen LogP contribution in [0.4, 0.5) is 5.82 Å². The number of aromatic nitrogens is 1. The highest BCUT2D eigenvalue weighted by Gasteiger charge is 2.07. The molecule has 2 N–H and O–H groups in total. The lowest BCUT2D eigenvalue weighted by Crippen LogP contribution is -2.13. The van der Waals surface area contributed by atoms with Crippen LogP contribution in [-0.4, -0.2) is 22.4 Å². The molecule has 4 heteroatoms.